The lowest BCUT2D eigenvalue weighted by Gasteiger charge is -2.24. The number of benzene rings is 6. The van der Waals surface area contributed by atoms with Crippen LogP contribution in [0.4, 0.5) is 0 Å². The number of hydrogen-bond acceptors (Lipinski definition) is 3. The Hall–Kier alpha value is -5.68. The van der Waals surface area contributed by atoms with Crippen LogP contribution >= 0.6 is 0 Å². The van der Waals surface area contributed by atoms with Gasteiger partial charge in [-0.3, -0.25) is 5.43 Å². The van der Waals surface area contributed by atoms with Gasteiger partial charge in [-0.2, -0.15) is 0 Å². The van der Waals surface area contributed by atoms with Crippen molar-refractivity contribution in [3.63, 3.8) is 0 Å². The van der Waals surface area contributed by atoms with Gasteiger partial charge in [-0.05, 0) is 94.3 Å². The quantitative estimate of drug-likeness (QED) is 0.158. The Kier molecular flexibility index (Phi) is 7.89. The lowest BCUT2D eigenvalue weighted by Crippen LogP contribution is -2.36. The fraction of sp³-hybridized carbons (Fsp3) is 0.130. The van der Waals surface area contributed by atoms with Gasteiger partial charge < -0.3 is 8.98 Å². The molecule has 0 aliphatic heterocycles. The largest absolute Gasteiger partial charge is 0.456 e. The van der Waals surface area contributed by atoms with Crippen molar-refractivity contribution < 1.29 is 4.42 Å². The molecule has 0 saturated carbocycles. The van der Waals surface area contributed by atoms with Crippen molar-refractivity contribution in [1.29, 1.82) is 0 Å². The normalized spacial score (nSPS) is 14.2. The zero-order chi connectivity index (χ0) is 33.4. The summed E-state index contributed by atoms with van der Waals surface area (Å²) in [6, 6.07) is 52.2. The molecule has 1 aliphatic rings. The molecule has 1 atom stereocenters. The smallest absolute Gasteiger partial charge is 0.135 e. The third-order valence-corrected chi connectivity index (χ3v) is 10.0. The van der Waals surface area contributed by atoms with E-state index < -0.39 is 0 Å². The summed E-state index contributed by atoms with van der Waals surface area (Å²) in [6.07, 6.45) is 5.72. The summed E-state index contributed by atoms with van der Waals surface area (Å²) < 4.78 is 8.60. The summed E-state index contributed by atoms with van der Waals surface area (Å²) in [5.41, 5.74) is 17.0. The highest BCUT2D eigenvalue weighted by atomic mass is 16.3. The molecular weight excluding hydrogens is 611 g/mol. The average molecular weight is 650 g/mol. The summed E-state index contributed by atoms with van der Waals surface area (Å²) in [5.74, 6) is 0.493. The number of rotatable bonds is 9. The minimum Gasteiger partial charge on any atom is -0.456 e. The van der Waals surface area contributed by atoms with Crippen molar-refractivity contribution in [3.05, 3.63) is 180 Å². The van der Waals surface area contributed by atoms with Gasteiger partial charge in [-0.25, -0.2) is 5.01 Å². The first-order valence-electron chi connectivity index (χ1n) is 17.6. The van der Waals surface area contributed by atoms with E-state index in [0.717, 1.165) is 48.0 Å². The second kappa shape index (κ2) is 13.0. The lowest BCUT2D eigenvalue weighted by molar-refractivity contribution is 0.165. The molecule has 244 valence electrons. The van der Waals surface area contributed by atoms with Crippen LogP contribution in [0.5, 0.6) is 0 Å². The van der Waals surface area contributed by atoms with E-state index in [4.69, 9.17) is 4.42 Å². The van der Waals surface area contributed by atoms with Gasteiger partial charge >= 0.3 is 0 Å². The zero-order valence-corrected chi connectivity index (χ0v) is 28.2. The minimum absolute atomic E-state index is 0.493. The zero-order valence-electron chi connectivity index (χ0n) is 28.2. The van der Waals surface area contributed by atoms with E-state index >= 15 is 0 Å². The van der Waals surface area contributed by atoms with E-state index in [-0.39, 0.29) is 0 Å². The molecule has 8 aromatic rings. The number of nitrogens with one attached hydrogen (secondary N) is 1. The van der Waals surface area contributed by atoms with E-state index in [1.54, 1.807) is 0 Å². The molecule has 6 aromatic carbocycles. The van der Waals surface area contributed by atoms with Crippen molar-refractivity contribution in [2.75, 3.05) is 0 Å². The number of furan rings is 1. The Bertz CT molecular complexity index is 2490. The molecule has 0 saturated heterocycles. The van der Waals surface area contributed by atoms with Gasteiger partial charge in [0, 0.05) is 47.2 Å². The second-order valence-corrected chi connectivity index (χ2v) is 13.6. The molecule has 1 unspecified atom stereocenters. The molecule has 0 amide bonds. The summed E-state index contributed by atoms with van der Waals surface area (Å²) in [6.45, 7) is 4.68. The van der Waals surface area contributed by atoms with Crippen LogP contribution in [0.3, 0.4) is 0 Å². The SMILES string of the molecule is CC1C=Cc2c(c3cc(-c4ccc5oc6ccccc6c5c4)ccc3n2-c2cccc(CN(Cc3ccccc3)NCc3ccccc3)c2)C1. The number of hydrazine groups is 1. The van der Waals surface area contributed by atoms with Crippen LogP contribution in [0, 0.1) is 5.92 Å². The Morgan fingerprint density at radius 2 is 1.32 bits per heavy atom. The minimum atomic E-state index is 0.493. The summed E-state index contributed by atoms with van der Waals surface area (Å²) >= 11 is 0. The molecular formula is C46H39N3O. The molecule has 9 rings (SSSR count). The van der Waals surface area contributed by atoms with Crippen molar-refractivity contribution in [2.45, 2.75) is 33.0 Å². The topological polar surface area (TPSA) is 33.3 Å². The van der Waals surface area contributed by atoms with Crippen LogP contribution in [0.1, 0.15) is 34.9 Å². The van der Waals surface area contributed by atoms with E-state index in [9.17, 15) is 0 Å². The number of nitrogens with zero attached hydrogens (tertiary/aromatic N) is 2. The maximum Gasteiger partial charge on any atom is 0.135 e. The highest BCUT2D eigenvalue weighted by molar-refractivity contribution is 6.06. The number of fused-ring (bicyclic) bond motifs is 6. The average Bonchev–Trinajstić information content (AvgIpc) is 3.69. The Labute approximate surface area is 292 Å². The predicted octanol–water partition coefficient (Wildman–Crippen LogP) is 11.1. The van der Waals surface area contributed by atoms with Gasteiger partial charge in [0.05, 0.1) is 5.52 Å². The summed E-state index contributed by atoms with van der Waals surface area (Å²) in [5, 5.41) is 5.97. The first kappa shape index (κ1) is 30.4. The molecule has 1 N–H and O–H groups in total. The standard InChI is InChI=1S/C46H39N3O/c1-32-19-22-43-40(25-32)41-27-36(37-21-24-46-42(28-37)39-17-8-9-18-45(39)50-46)20-23-44(41)49(43)38-16-10-15-35(26-38)31-48(30-34-13-6-3-7-14-34)47-29-33-11-4-2-5-12-33/h2-24,26-28,32,47H,25,29-31H2,1H3. The van der Waals surface area contributed by atoms with Gasteiger partial charge in [0.25, 0.3) is 0 Å². The highest BCUT2D eigenvalue weighted by Crippen LogP contribution is 2.39. The van der Waals surface area contributed by atoms with Crippen LogP contribution in [-0.4, -0.2) is 9.58 Å². The second-order valence-electron chi connectivity index (χ2n) is 13.6. The van der Waals surface area contributed by atoms with Crippen molar-refractivity contribution in [3.8, 4) is 16.8 Å². The number of aromatic nitrogens is 1. The van der Waals surface area contributed by atoms with Crippen LogP contribution in [0.25, 0.3) is 55.7 Å². The van der Waals surface area contributed by atoms with E-state index in [2.05, 4.69) is 168 Å². The van der Waals surface area contributed by atoms with E-state index in [1.165, 1.54) is 55.7 Å². The van der Waals surface area contributed by atoms with Gasteiger partial charge in [0.1, 0.15) is 11.2 Å². The Balaban J connectivity index is 1.08. The van der Waals surface area contributed by atoms with Crippen LogP contribution < -0.4 is 5.43 Å². The van der Waals surface area contributed by atoms with Crippen molar-refractivity contribution in [2.24, 2.45) is 5.92 Å². The Morgan fingerprint density at radius 1 is 0.640 bits per heavy atom. The Morgan fingerprint density at radius 3 is 2.16 bits per heavy atom. The third kappa shape index (κ3) is 5.83. The van der Waals surface area contributed by atoms with Crippen molar-refractivity contribution in [1.82, 2.24) is 15.0 Å². The summed E-state index contributed by atoms with van der Waals surface area (Å²) in [4.78, 5) is 0. The molecule has 4 nitrogen and oxygen atoms in total. The molecule has 2 aromatic heterocycles. The number of allylic oxidation sites excluding steroid dienone is 1. The van der Waals surface area contributed by atoms with E-state index in [0.29, 0.717) is 5.92 Å². The summed E-state index contributed by atoms with van der Waals surface area (Å²) in [7, 11) is 0. The maximum atomic E-state index is 6.13. The van der Waals surface area contributed by atoms with Gasteiger partial charge in [-0.15, -0.1) is 0 Å². The van der Waals surface area contributed by atoms with E-state index in [1.807, 2.05) is 12.1 Å². The van der Waals surface area contributed by atoms with Crippen LogP contribution in [0.2, 0.25) is 0 Å². The molecule has 0 spiro atoms. The third-order valence-electron chi connectivity index (χ3n) is 10.0. The molecule has 0 radical (unpaired) electrons. The molecule has 0 fully saturated rings. The molecule has 50 heavy (non-hydrogen) atoms. The van der Waals surface area contributed by atoms with Crippen LogP contribution in [0.15, 0.2) is 156 Å². The van der Waals surface area contributed by atoms with Gasteiger partial charge in [0.15, 0.2) is 0 Å². The first-order valence-corrected chi connectivity index (χ1v) is 17.6. The lowest BCUT2D eigenvalue weighted by atomic mass is 9.92. The number of para-hydroxylation sites is 1. The monoisotopic (exact) mass is 649 g/mol. The molecule has 1 aliphatic carbocycles. The molecule has 2 heterocycles. The fourth-order valence-corrected chi connectivity index (χ4v) is 7.56. The fourth-order valence-electron chi connectivity index (χ4n) is 7.56. The molecule has 0 bridgehead atoms. The van der Waals surface area contributed by atoms with Gasteiger partial charge in [0.2, 0.25) is 0 Å². The van der Waals surface area contributed by atoms with Crippen LogP contribution in [-0.2, 0) is 26.1 Å². The first-order chi connectivity index (χ1) is 24.7. The van der Waals surface area contributed by atoms with Crippen molar-refractivity contribution >= 4 is 38.9 Å². The molecule has 4 heteroatoms. The maximum absolute atomic E-state index is 6.13. The predicted molar refractivity (Wildman–Crippen MR) is 207 cm³/mol. The highest BCUT2D eigenvalue weighted by Gasteiger charge is 2.22. The number of hydrogen-bond donors (Lipinski definition) is 1. The van der Waals surface area contributed by atoms with Gasteiger partial charge in [-0.1, -0.05) is 116 Å².